The number of piperidine rings is 1. The van der Waals surface area contributed by atoms with Crippen LogP contribution in [-0.2, 0) is 13.0 Å². The molecule has 0 aliphatic carbocycles. The molecule has 2 aromatic rings. The molecule has 0 saturated carbocycles. The number of pyridine rings is 1. The second-order valence-corrected chi connectivity index (χ2v) is 7.86. The number of methoxy groups -OCH3 is 2. The summed E-state index contributed by atoms with van der Waals surface area (Å²) in [5, 5.41) is 11.3. The van der Waals surface area contributed by atoms with Gasteiger partial charge in [-0.3, -0.25) is 9.88 Å². The third kappa shape index (κ3) is 5.39. The van der Waals surface area contributed by atoms with E-state index in [1.807, 2.05) is 36.5 Å². The monoisotopic (exact) mass is 419 g/mol. The number of ether oxygens (including phenoxy) is 2. The lowest BCUT2D eigenvalue weighted by atomic mass is 9.99. The van der Waals surface area contributed by atoms with E-state index >= 15 is 0 Å². The third-order valence-electron chi connectivity index (χ3n) is 5.60. The zero-order valence-electron chi connectivity index (χ0n) is 17.3. The van der Waals surface area contributed by atoms with Crippen molar-refractivity contribution in [3.63, 3.8) is 0 Å². The Balaban J connectivity index is 1.56. The van der Waals surface area contributed by atoms with Crippen molar-refractivity contribution in [3.8, 4) is 11.5 Å². The second-order valence-electron chi connectivity index (χ2n) is 7.48. The highest BCUT2D eigenvalue weighted by molar-refractivity contribution is 6.33. The summed E-state index contributed by atoms with van der Waals surface area (Å²) in [5.74, 6) is 1.17. The molecular weight excluding hydrogens is 390 g/mol. The third-order valence-corrected chi connectivity index (χ3v) is 6.02. The molecule has 7 heteroatoms. The fraction of sp³-hybridized carbons (Fsp3) is 0.500. The van der Waals surface area contributed by atoms with Crippen molar-refractivity contribution < 1.29 is 14.6 Å². The Morgan fingerprint density at radius 2 is 2.07 bits per heavy atom. The number of likely N-dealkylation sites (N-methyl/N-ethyl adjacent to an activating group) is 1. The molecule has 158 valence electrons. The summed E-state index contributed by atoms with van der Waals surface area (Å²) < 4.78 is 10.7. The van der Waals surface area contributed by atoms with Crippen molar-refractivity contribution in [1.29, 1.82) is 0 Å². The number of hydrogen-bond acceptors (Lipinski definition) is 6. The maximum Gasteiger partial charge on any atom is 0.179 e. The lowest BCUT2D eigenvalue weighted by Gasteiger charge is -2.40. The Hall–Kier alpha value is -1.86. The van der Waals surface area contributed by atoms with Gasteiger partial charge < -0.3 is 19.5 Å². The number of benzene rings is 1. The second kappa shape index (κ2) is 10.3. The highest BCUT2D eigenvalue weighted by Gasteiger charge is 2.30. The molecule has 3 rings (SSSR count). The predicted molar refractivity (Wildman–Crippen MR) is 115 cm³/mol. The molecule has 0 amide bonds. The van der Waals surface area contributed by atoms with E-state index in [1.54, 1.807) is 14.2 Å². The average Bonchev–Trinajstić information content (AvgIpc) is 2.74. The van der Waals surface area contributed by atoms with Crippen molar-refractivity contribution in [2.45, 2.75) is 31.5 Å². The lowest BCUT2D eigenvalue weighted by Crippen LogP contribution is -2.53. The first-order valence-corrected chi connectivity index (χ1v) is 10.3. The molecule has 0 bridgehead atoms. The van der Waals surface area contributed by atoms with Crippen LogP contribution in [0.2, 0.25) is 5.02 Å². The van der Waals surface area contributed by atoms with Crippen molar-refractivity contribution in [2.75, 3.05) is 40.9 Å². The fourth-order valence-electron chi connectivity index (χ4n) is 3.94. The fourth-order valence-corrected chi connectivity index (χ4v) is 4.23. The first-order chi connectivity index (χ1) is 14.0. The van der Waals surface area contributed by atoms with Gasteiger partial charge in [-0.1, -0.05) is 23.7 Å². The summed E-state index contributed by atoms with van der Waals surface area (Å²) in [6.07, 6.45) is 3.20. The van der Waals surface area contributed by atoms with E-state index in [2.05, 4.69) is 21.8 Å². The van der Waals surface area contributed by atoms with Gasteiger partial charge in [0.1, 0.15) is 0 Å². The van der Waals surface area contributed by atoms with E-state index in [4.69, 9.17) is 21.1 Å². The summed E-state index contributed by atoms with van der Waals surface area (Å²) in [4.78, 5) is 8.87. The number of aromatic nitrogens is 1. The number of aliphatic hydroxyl groups is 1. The molecule has 2 heterocycles. The molecule has 0 spiro atoms. The molecule has 1 aromatic carbocycles. The highest BCUT2D eigenvalue weighted by atomic mass is 35.5. The molecule has 0 unspecified atom stereocenters. The van der Waals surface area contributed by atoms with Crippen LogP contribution in [0.15, 0.2) is 36.5 Å². The number of likely N-dealkylation sites (tertiary alicyclic amines) is 1. The molecular formula is C22H30ClN3O3. The Morgan fingerprint density at radius 3 is 2.72 bits per heavy atom. The SMILES string of the molecule is COc1ccc(CN2CC[C@@H](N(C)CCc3ccccn3)[C@H](O)C2)c(Cl)c1OC. The molecule has 1 saturated heterocycles. The smallest absolute Gasteiger partial charge is 0.179 e. The van der Waals surface area contributed by atoms with Gasteiger partial charge in [0.25, 0.3) is 0 Å². The zero-order valence-corrected chi connectivity index (χ0v) is 18.1. The standard InChI is InChI=1S/C22H30ClN3O3/c1-25(12-9-17-6-4-5-11-24-17)18-10-13-26(15-19(18)27)14-16-7-8-20(28-2)22(29-3)21(16)23/h4-8,11,18-19,27H,9-10,12-15H2,1-3H3/t18-,19-/m1/s1. The Kier molecular flexibility index (Phi) is 7.72. The van der Waals surface area contributed by atoms with Gasteiger partial charge in [0.15, 0.2) is 11.5 Å². The van der Waals surface area contributed by atoms with Crippen LogP contribution >= 0.6 is 11.6 Å². The Morgan fingerprint density at radius 1 is 1.24 bits per heavy atom. The first-order valence-electron chi connectivity index (χ1n) is 9.93. The molecule has 6 nitrogen and oxygen atoms in total. The number of aliphatic hydroxyl groups excluding tert-OH is 1. The van der Waals surface area contributed by atoms with Crippen LogP contribution in [0, 0.1) is 0 Å². The van der Waals surface area contributed by atoms with Gasteiger partial charge in [-0.2, -0.15) is 0 Å². The molecule has 0 radical (unpaired) electrons. The van der Waals surface area contributed by atoms with Crippen molar-refractivity contribution in [2.24, 2.45) is 0 Å². The minimum absolute atomic E-state index is 0.149. The van der Waals surface area contributed by atoms with E-state index in [0.29, 0.717) is 29.6 Å². The minimum atomic E-state index is -0.406. The maximum absolute atomic E-state index is 10.8. The molecule has 1 N–H and O–H groups in total. The largest absolute Gasteiger partial charge is 0.493 e. The van der Waals surface area contributed by atoms with E-state index in [-0.39, 0.29) is 6.04 Å². The van der Waals surface area contributed by atoms with Gasteiger partial charge in [-0.05, 0) is 37.2 Å². The van der Waals surface area contributed by atoms with Crippen LogP contribution in [0.5, 0.6) is 11.5 Å². The normalized spacial score (nSPS) is 20.1. The van der Waals surface area contributed by atoms with Gasteiger partial charge in [0, 0.05) is 50.5 Å². The average molecular weight is 420 g/mol. The van der Waals surface area contributed by atoms with E-state index in [9.17, 15) is 5.11 Å². The Bertz CT molecular complexity index is 790. The number of rotatable bonds is 8. The van der Waals surface area contributed by atoms with Gasteiger partial charge in [0.05, 0.1) is 25.3 Å². The van der Waals surface area contributed by atoms with E-state index in [1.165, 1.54) is 0 Å². The predicted octanol–water partition coefficient (Wildman–Crippen LogP) is 2.86. The van der Waals surface area contributed by atoms with Crippen LogP contribution in [-0.4, -0.2) is 72.9 Å². The van der Waals surface area contributed by atoms with E-state index in [0.717, 1.165) is 37.2 Å². The molecule has 1 aromatic heterocycles. The van der Waals surface area contributed by atoms with E-state index < -0.39 is 6.10 Å². The molecule has 1 aliphatic heterocycles. The molecule has 1 fully saturated rings. The van der Waals surface area contributed by atoms with Gasteiger partial charge in [-0.15, -0.1) is 0 Å². The zero-order chi connectivity index (χ0) is 20.8. The summed E-state index contributed by atoms with van der Waals surface area (Å²) in [6.45, 7) is 3.06. The maximum atomic E-state index is 10.8. The van der Waals surface area contributed by atoms with Gasteiger partial charge in [-0.25, -0.2) is 0 Å². The number of β-amino-alcohol motifs (C(OH)–C–C–N with tert-alkyl or cyclic N) is 1. The summed E-state index contributed by atoms with van der Waals surface area (Å²) in [7, 11) is 5.26. The van der Waals surface area contributed by atoms with Gasteiger partial charge in [0.2, 0.25) is 0 Å². The van der Waals surface area contributed by atoms with Crippen molar-refractivity contribution in [3.05, 3.63) is 52.8 Å². The summed E-state index contributed by atoms with van der Waals surface area (Å²) in [6, 6.07) is 9.96. The highest BCUT2D eigenvalue weighted by Crippen LogP contribution is 2.38. The minimum Gasteiger partial charge on any atom is -0.493 e. The van der Waals surface area contributed by atoms with Gasteiger partial charge >= 0.3 is 0 Å². The van der Waals surface area contributed by atoms with Crippen molar-refractivity contribution in [1.82, 2.24) is 14.8 Å². The number of nitrogens with zero attached hydrogens (tertiary/aromatic N) is 3. The van der Waals surface area contributed by atoms with Crippen molar-refractivity contribution >= 4 is 11.6 Å². The Labute approximate surface area is 178 Å². The molecule has 2 atom stereocenters. The van der Waals surface area contributed by atoms with Crippen LogP contribution in [0.25, 0.3) is 0 Å². The van der Waals surface area contributed by atoms with Crippen LogP contribution in [0.1, 0.15) is 17.7 Å². The summed E-state index contributed by atoms with van der Waals surface area (Å²) >= 11 is 6.52. The number of halogens is 1. The molecule has 29 heavy (non-hydrogen) atoms. The lowest BCUT2D eigenvalue weighted by molar-refractivity contribution is -0.00620. The van der Waals surface area contributed by atoms with Crippen LogP contribution in [0.3, 0.4) is 0 Å². The molecule has 1 aliphatic rings. The van der Waals surface area contributed by atoms with Crippen LogP contribution in [0.4, 0.5) is 0 Å². The first kappa shape index (κ1) is 21.8. The van der Waals surface area contributed by atoms with Crippen LogP contribution < -0.4 is 9.47 Å². The quantitative estimate of drug-likeness (QED) is 0.710. The topological polar surface area (TPSA) is 58.1 Å². The summed E-state index contributed by atoms with van der Waals surface area (Å²) in [5.41, 5.74) is 2.05. The number of hydrogen-bond donors (Lipinski definition) is 1.